The van der Waals surface area contributed by atoms with Crippen molar-refractivity contribution in [3.8, 4) is 0 Å². The van der Waals surface area contributed by atoms with E-state index < -0.39 is 5.97 Å². The molecule has 1 heterocycles. The Kier molecular flexibility index (Phi) is 5.87. The molecule has 0 aromatic carbocycles. The Morgan fingerprint density at radius 3 is 2.24 bits per heavy atom. The van der Waals surface area contributed by atoms with Crippen LogP contribution in [0.15, 0.2) is 0 Å². The molecule has 1 amide bonds. The molecule has 118 valence electrons. The summed E-state index contributed by atoms with van der Waals surface area (Å²) in [5.41, 5.74) is 0.441. The largest absolute Gasteiger partial charge is 0.476 e. The molecule has 1 aromatic rings. The maximum absolute atomic E-state index is 12.4. The van der Waals surface area contributed by atoms with E-state index in [1.807, 2.05) is 34.6 Å². The molecule has 0 aliphatic carbocycles. The molecule has 0 saturated heterocycles. The van der Waals surface area contributed by atoms with Crippen LogP contribution in [0.2, 0.25) is 0 Å². The molecule has 0 aliphatic heterocycles. The maximum Gasteiger partial charge on any atom is 0.358 e. The van der Waals surface area contributed by atoms with Gasteiger partial charge in [0.25, 0.3) is 0 Å². The summed E-state index contributed by atoms with van der Waals surface area (Å²) >= 11 is 0. The van der Waals surface area contributed by atoms with Crippen LogP contribution < -0.4 is 0 Å². The molecule has 0 unspecified atom stereocenters. The van der Waals surface area contributed by atoms with Crippen LogP contribution in [0.4, 0.5) is 0 Å². The highest BCUT2D eigenvalue weighted by Gasteiger charge is 2.24. The summed E-state index contributed by atoms with van der Waals surface area (Å²) in [6, 6.07) is 0.157. The van der Waals surface area contributed by atoms with Gasteiger partial charge in [0.1, 0.15) is 6.54 Å². The van der Waals surface area contributed by atoms with Crippen LogP contribution in [0, 0.1) is 0 Å². The van der Waals surface area contributed by atoms with E-state index >= 15 is 0 Å². The van der Waals surface area contributed by atoms with Crippen molar-refractivity contribution in [1.29, 1.82) is 0 Å². The van der Waals surface area contributed by atoms with E-state index in [-0.39, 0.29) is 30.2 Å². The number of nitrogens with zero attached hydrogens (tertiary/aromatic N) is 4. The first-order valence-corrected chi connectivity index (χ1v) is 7.26. The topological polar surface area (TPSA) is 88.3 Å². The predicted molar refractivity (Wildman–Crippen MR) is 78.1 cm³/mol. The highest BCUT2D eigenvalue weighted by Crippen LogP contribution is 2.11. The second-order valence-electron chi connectivity index (χ2n) is 5.59. The Bertz CT molecular complexity index is 500. The Balaban J connectivity index is 3.01. The lowest BCUT2D eigenvalue weighted by molar-refractivity contribution is -0.135. The predicted octanol–water partition coefficient (Wildman–Crippen LogP) is 1.57. The Hall–Kier alpha value is -1.92. The van der Waals surface area contributed by atoms with E-state index in [9.17, 15) is 9.59 Å². The molecule has 0 spiro atoms. The van der Waals surface area contributed by atoms with Gasteiger partial charge in [-0.05, 0) is 34.1 Å². The lowest BCUT2D eigenvalue weighted by Gasteiger charge is -2.30. The van der Waals surface area contributed by atoms with Crippen molar-refractivity contribution in [2.75, 3.05) is 0 Å². The van der Waals surface area contributed by atoms with E-state index in [2.05, 4.69) is 10.3 Å². The number of carboxylic acids is 1. The molecular formula is C14H24N4O3. The van der Waals surface area contributed by atoms with Crippen molar-refractivity contribution in [3.63, 3.8) is 0 Å². The smallest absolute Gasteiger partial charge is 0.358 e. The van der Waals surface area contributed by atoms with Gasteiger partial charge in [-0.3, -0.25) is 4.79 Å². The first kappa shape index (κ1) is 17.1. The van der Waals surface area contributed by atoms with Crippen LogP contribution in [-0.2, 0) is 17.8 Å². The van der Waals surface area contributed by atoms with Crippen molar-refractivity contribution < 1.29 is 14.7 Å². The molecule has 0 aliphatic rings. The first-order valence-electron chi connectivity index (χ1n) is 7.26. The zero-order valence-corrected chi connectivity index (χ0v) is 13.3. The molecule has 1 rings (SSSR count). The highest BCUT2D eigenvalue weighted by molar-refractivity contribution is 5.86. The van der Waals surface area contributed by atoms with Crippen LogP contribution in [0.3, 0.4) is 0 Å². The van der Waals surface area contributed by atoms with Gasteiger partial charge in [0.2, 0.25) is 5.91 Å². The van der Waals surface area contributed by atoms with Gasteiger partial charge in [-0.25, -0.2) is 9.48 Å². The fourth-order valence-electron chi connectivity index (χ4n) is 2.49. The average molecular weight is 296 g/mol. The minimum Gasteiger partial charge on any atom is -0.476 e. The van der Waals surface area contributed by atoms with Crippen molar-refractivity contribution in [3.05, 3.63) is 11.4 Å². The molecular weight excluding hydrogens is 272 g/mol. The quantitative estimate of drug-likeness (QED) is 0.825. The molecule has 0 atom stereocenters. The first-order chi connectivity index (χ1) is 9.79. The van der Waals surface area contributed by atoms with Gasteiger partial charge in [0.15, 0.2) is 5.69 Å². The third-order valence-corrected chi connectivity index (χ3v) is 3.21. The van der Waals surface area contributed by atoms with Crippen LogP contribution in [0.1, 0.15) is 57.2 Å². The number of hydrogen-bond donors (Lipinski definition) is 1. The normalized spacial score (nSPS) is 11.2. The standard InChI is InChI=1S/C14H24N4O3/c1-6-7-11-13(14(20)21)15-16-17(11)8-12(19)18(9(2)3)10(4)5/h9-10H,6-8H2,1-5H3,(H,20,21). The average Bonchev–Trinajstić information content (AvgIpc) is 2.72. The number of aromatic nitrogens is 3. The van der Waals surface area contributed by atoms with Crippen molar-refractivity contribution in [2.45, 2.75) is 66.1 Å². The van der Waals surface area contributed by atoms with E-state index in [1.54, 1.807) is 4.90 Å². The zero-order valence-electron chi connectivity index (χ0n) is 13.3. The summed E-state index contributed by atoms with van der Waals surface area (Å²) in [5, 5.41) is 16.6. The summed E-state index contributed by atoms with van der Waals surface area (Å²) in [6.07, 6.45) is 1.30. The Labute approximate surface area is 124 Å². The summed E-state index contributed by atoms with van der Waals surface area (Å²) in [5.74, 6) is -1.19. The zero-order chi connectivity index (χ0) is 16.2. The van der Waals surface area contributed by atoms with Gasteiger partial charge >= 0.3 is 5.97 Å². The summed E-state index contributed by atoms with van der Waals surface area (Å²) in [4.78, 5) is 25.3. The van der Waals surface area contributed by atoms with Gasteiger partial charge in [-0.15, -0.1) is 5.10 Å². The number of carbonyl (C=O) groups excluding carboxylic acids is 1. The Morgan fingerprint density at radius 2 is 1.81 bits per heavy atom. The second-order valence-corrected chi connectivity index (χ2v) is 5.59. The van der Waals surface area contributed by atoms with E-state index in [4.69, 9.17) is 5.11 Å². The third-order valence-electron chi connectivity index (χ3n) is 3.21. The molecule has 0 saturated carbocycles. The lowest BCUT2D eigenvalue weighted by atomic mass is 10.2. The van der Waals surface area contributed by atoms with Gasteiger partial charge in [-0.2, -0.15) is 0 Å². The molecule has 0 fully saturated rings. The monoisotopic (exact) mass is 296 g/mol. The molecule has 7 heteroatoms. The summed E-state index contributed by atoms with van der Waals surface area (Å²) in [7, 11) is 0. The van der Waals surface area contributed by atoms with Crippen LogP contribution in [0.25, 0.3) is 0 Å². The maximum atomic E-state index is 12.4. The molecule has 21 heavy (non-hydrogen) atoms. The molecule has 0 radical (unpaired) electrons. The van der Waals surface area contributed by atoms with Crippen molar-refractivity contribution >= 4 is 11.9 Å². The van der Waals surface area contributed by atoms with E-state index in [0.29, 0.717) is 12.1 Å². The van der Waals surface area contributed by atoms with Gasteiger partial charge < -0.3 is 10.0 Å². The van der Waals surface area contributed by atoms with Crippen LogP contribution in [0.5, 0.6) is 0 Å². The molecule has 1 aromatic heterocycles. The number of rotatable bonds is 7. The fraction of sp³-hybridized carbons (Fsp3) is 0.714. The third kappa shape index (κ3) is 4.03. The number of carbonyl (C=O) groups is 2. The van der Waals surface area contributed by atoms with Crippen LogP contribution in [-0.4, -0.2) is 49.0 Å². The molecule has 7 nitrogen and oxygen atoms in total. The van der Waals surface area contributed by atoms with Gasteiger partial charge in [-0.1, -0.05) is 18.6 Å². The Morgan fingerprint density at radius 1 is 1.24 bits per heavy atom. The van der Waals surface area contributed by atoms with E-state index in [0.717, 1.165) is 6.42 Å². The SMILES string of the molecule is CCCc1c(C(=O)O)nnn1CC(=O)N(C(C)C)C(C)C. The number of hydrogen-bond acceptors (Lipinski definition) is 4. The van der Waals surface area contributed by atoms with Gasteiger partial charge in [0, 0.05) is 12.1 Å². The van der Waals surface area contributed by atoms with Crippen molar-refractivity contribution in [2.24, 2.45) is 0 Å². The summed E-state index contributed by atoms with van der Waals surface area (Å²) < 4.78 is 1.41. The fourth-order valence-corrected chi connectivity index (χ4v) is 2.49. The van der Waals surface area contributed by atoms with Crippen molar-refractivity contribution in [1.82, 2.24) is 19.9 Å². The number of aromatic carboxylic acids is 1. The highest BCUT2D eigenvalue weighted by atomic mass is 16.4. The second kappa shape index (κ2) is 7.19. The minimum absolute atomic E-state index is 0.0198. The number of amides is 1. The van der Waals surface area contributed by atoms with Gasteiger partial charge in [0.05, 0.1) is 5.69 Å². The summed E-state index contributed by atoms with van der Waals surface area (Å²) in [6.45, 7) is 9.78. The molecule has 1 N–H and O–H groups in total. The lowest BCUT2D eigenvalue weighted by Crippen LogP contribution is -2.44. The number of carboxylic acid groups (broad SMARTS) is 1. The minimum atomic E-state index is -1.11. The van der Waals surface area contributed by atoms with E-state index in [1.165, 1.54) is 4.68 Å². The molecule has 0 bridgehead atoms. The van der Waals surface area contributed by atoms with Crippen LogP contribution >= 0.6 is 0 Å².